The van der Waals surface area contributed by atoms with E-state index in [1.165, 1.54) is 11.1 Å². The van der Waals surface area contributed by atoms with Crippen molar-refractivity contribution in [2.24, 2.45) is 0 Å². The number of rotatable bonds is 8. The van der Waals surface area contributed by atoms with Crippen molar-refractivity contribution in [3.8, 4) is 17.2 Å². The maximum Gasteiger partial charge on any atom is 0.257 e. The Hall–Kier alpha value is -3.94. The van der Waals surface area contributed by atoms with Crippen LogP contribution < -0.4 is 14.2 Å². The summed E-state index contributed by atoms with van der Waals surface area (Å²) in [5.41, 5.74) is 5.12. The molecule has 2 aromatic carbocycles. The topological polar surface area (TPSA) is 92.5 Å². The largest absolute Gasteiger partial charge is 0.497 e. The molecule has 3 heterocycles. The van der Waals surface area contributed by atoms with Crippen molar-refractivity contribution in [3.63, 3.8) is 0 Å². The van der Waals surface area contributed by atoms with E-state index in [4.69, 9.17) is 14.2 Å². The number of H-pyrrole nitrogens is 2. The molecule has 8 heteroatoms. The number of carbonyl (C=O) groups excluding carboxylic acids is 1. The first kappa shape index (κ1) is 22.8. The summed E-state index contributed by atoms with van der Waals surface area (Å²) in [7, 11) is 3.33. The highest BCUT2D eigenvalue weighted by atomic mass is 16.5. The van der Waals surface area contributed by atoms with Gasteiger partial charge < -0.3 is 24.1 Å². The van der Waals surface area contributed by atoms with Gasteiger partial charge in [0.15, 0.2) is 11.5 Å². The number of amides is 1. The van der Waals surface area contributed by atoms with Crippen LogP contribution in [-0.2, 0) is 12.8 Å². The molecule has 35 heavy (non-hydrogen) atoms. The highest BCUT2D eigenvalue weighted by Gasteiger charge is 2.33. The number of carbonyl (C=O) groups is 1. The molecule has 0 saturated heterocycles. The molecule has 4 aromatic rings. The Balaban J connectivity index is 1.52. The van der Waals surface area contributed by atoms with Crippen LogP contribution >= 0.6 is 0 Å². The predicted molar refractivity (Wildman–Crippen MR) is 133 cm³/mol. The number of fused-ring (bicyclic) bond motifs is 2. The van der Waals surface area contributed by atoms with E-state index in [0.717, 1.165) is 47.2 Å². The van der Waals surface area contributed by atoms with E-state index in [9.17, 15) is 4.79 Å². The third-order valence-corrected chi connectivity index (χ3v) is 6.75. The van der Waals surface area contributed by atoms with E-state index >= 15 is 0 Å². The Morgan fingerprint density at radius 1 is 1.14 bits per heavy atom. The molecule has 8 nitrogen and oxygen atoms in total. The number of aryl methyl sites for hydroxylation is 1. The van der Waals surface area contributed by atoms with Gasteiger partial charge in [-0.15, -0.1) is 0 Å². The lowest BCUT2D eigenvalue weighted by Gasteiger charge is -2.38. The van der Waals surface area contributed by atoms with Crippen molar-refractivity contribution in [2.75, 3.05) is 27.4 Å². The van der Waals surface area contributed by atoms with Crippen LogP contribution in [0.5, 0.6) is 17.2 Å². The van der Waals surface area contributed by atoms with Gasteiger partial charge in [-0.25, -0.2) is 0 Å². The first-order valence-corrected chi connectivity index (χ1v) is 11.9. The molecule has 0 aliphatic carbocycles. The molecule has 1 amide bonds. The number of ether oxygens (including phenoxy) is 3. The molecule has 0 radical (unpaired) electrons. The van der Waals surface area contributed by atoms with Gasteiger partial charge in [0.05, 0.1) is 38.6 Å². The molecule has 182 valence electrons. The lowest BCUT2D eigenvalue weighted by Crippen LogP contribution is -2.40. The molecule has 0 spiro atoms. The minimum absolute atomic E-state index is 0.0243. The molecule has 1 unspecified atom stereocenters. The molecule has 5 rings (SSSR count). The lowest BCUT2D eigenvalue weighted by atomic mass is 9.88. The third-order valence-electron chi connectivity index (χ3n) is 6.75. The Kier molecular flexibility index (Phi) is 6.35. The molecule has 2 aromatic heterocycles. The molecule has 1 aliphatic heterocycles. The van der Waals surface area contributed by atoms with Crippen LogP contribution in [0.1, 0.15) is 46.4 Å². The second-order valence-corrected chi connectivity index (χ2v) is 8.65. The van der Waals surface area contributed by atoms with Crippen molar-refractivity contribution in [3.05, 3.63) is 71.2 Å². The zero-order valence-corrected chi connectivity index (χ0v) is 20.3. The van der Waals surface area contributed by atoms with Crippen LogP contribution in [-0.4, -0.2) is 53.4 Å². The molecule has 0 bridgehead atoms. The molecular weight excluding hydrogens is 444 g/mol. The molecule has 1 atom stereocenters. The zero-order valence-electron chi connectivity index (χ0n) is 20.3. The van der Waals surface area contributed by atoms with Gasteiger partial charge in [-0.1, -0.05) is 0 Å². The van der Waals surface area contributed by atoms with Crippen molar-refractivity contribution in [1.82, 2.24) is 20.1 Å². The summed E-state index contributed by atoms with van der Waals surface area (Å²) in [6.45, 7) is 3.12. The van der Waals surface area contributed by atoms with Crippen molar-refractivity contribution >= 4 is 16.8 Å². The van der Waals surface area contributed by atoms with Crippen molar-refractivity contribution in [2.45, 2.75) is 32.2 Å². The van der Waals surface area contributed by atoms with Crippen LogP contribution in [0.2, 0.25) is 0 Å². The minimum Gasteiger partial charge on any atom is -0.497 e. The van der Waals surface area contributed by atoms with Crippen LogP contribution in [0, 0.1) is 0 Å². The summed E-state index contributed by atoms with van der Waals surface area (Å²) >= 11 is 0. The van der Waals surface area contributed by atoms with Gasteiger partial charge in [-0.3, -0.25) is 9.89 Å². The number of nitrogens with one attached hydrogen (secondary N) is 2. The number of aromatic nitrogens is 3. The maximum absolute atomic E-state index is 13.5. The molecule has 0 saturated carbocycles. The second-order valence-electron chi connectivity index (χ2n) is 8.65. The van der Waals surface area contributed by atoms with Crippen LogP contribution in [0.25, 0.3) is 10.9 Å². The molecule has 1 aliphatic rings. The average Bonchev–Trinajstić information content (AvgIpc) is 3.56. The van der Waals surface area contributed by atoms with E-state index < -0.39 is 0 Å². The summed E-state index contributed by atoms with van der Waals surface area (Å²) in [6, 6.07) is 10.0. The zero-order chi connectivity index (χ0) is 24.4. The van der Waals surface area contributed by atoms with Gasteiger partial charge in [0.25, 0.3) is 5.91 Å². The highest BCUT2D eigenvalue weighted by molar-refractivity contribution is 5.94. The number of benzene rings is 2. The van der Waals surface area contributed by atoms with Crippen molar-refractivity contribution < 1.29 is 19.0 Å². The maximum atomic E-state index is 13.5. The Labute approximate surface area is 204 Å². The Morgan fingerprint density at radius 2 is 2.03 bits per heavy atom. The Morgan fingerprint density at radius 3 is 2.77 bits per heavy atom. The van der Waals surface area contributed by atoms with E-state index in [2.05, 4.69) is 39.6 Å². The van der Waals surface area contributed by atoms with Crippen LogP contribution in [0.3, 0.4) is 0 Å². The number of nitrogens with zero attached hydrogens (tertiary/aromatic N) is 2. The SMILES string of the molecule is CCOc1cc2c(cc1OC)CCN(C(=O)c1cn[nH]c1)C2CCc1c[nH]c2ccc(OC)cc12. The van der Waals surface area contributed by atoms with E-state index in [-0.39, 0.29) is 11.9 Å². The fourth-order valence-corrected chi connectivity index (χ4v) is 5.01. The van der Waals surface area contributed by atoms with Crippen LogP contribution in [0.4, 0.5) is 0 Å². The van der Waals surface area contributed by atoms with E-state index in [1.807, 2.05) is 24.0 Å². The van der Waals surface area contributed by atoms with E-state index in [0.29, 0.717) is 24.5 Å². The first-order valence-electron chi connectivity index (χ1n) is 11.9. The van der Waals surface area contributed by atoms with Gasteiger partial charge in [0, 0.05) is 29.8 Å². The summed E-state index contributed by atoms with van der Waals surface area (Å²) in [4.78, 5) is 18.8. The fourth-order valence-electron chi connectivity index (χ4n) is 5.01. The summed E-state index contributed by atoms with van der Waals surface area (Å²) in [5.74, 6) is 2.23. The van der Waals surface area contributed by atoms with Gasteiger partial charge in [0.1, 0.15) is 5.75 Å². The van der Waals surface area contributed by atoms with E-state index in [1.54, 1.807) is 26.6 Å². The second kappa shape index (κ2) is 9.74. The minimum atomic E-state index is -0.109. The smallest absolute Gasteiger partial charge is 0.257 e. The lowest BCUT2D eigenvalue weighted by molar-refractivity contribution is 0.0650. The monoisotopic (exact) mass is 474 g/mol. The highest BCUT2D eigenvalue weighted by Crippen LogP contribution is 2.41. The van der Waals surface area contributed by atoms with Gasteiger partial charge >= 0.3 is 0 Å². The summed E-state index contributed by atoms with van der Waals surface area (Å²) in [6.07, 6.45) is 7.60. The first-order chi connectivity index (χ1) is 17.1. The van der Waals surface area contributed by atoms with Gasteiger partial charge in [0.2, 0.25) is 0 Å². The van der Waals surface area contributed by atoms with Crippen molar-refractivity contribution in [1.29, 1.82) is 0 Å². The standard InChI is InChI=1S/C27H30N4O4/c1-4-35-26-13-22-17(11-25(26)34-3)9-10-31(27(32)19-15-29-30-16-19)24(22)8-5-18-14-28-23-7-6-20(33-2)12-21(18)23/h6-7,11-16,24,28H,4-5,8-10H2,1-3H3,(H,29,30). The average molecular weight is 475 g/mol. The molecular formula is C27H30N4O4. The Bertz CT molecular complexity index is 1330. The normalized spacial score (nSPS) is 15.2. The number of methoxy groups -OCH3 is 2. The number of hydrogen-bond acceptors (Lipinski definition) is 5. The van der Waals surface area contributed by atoms with Crippen LogP contribution in [0.15, 0.2) is 48.9 Å². The third kappa shape index (κ3) is 4.32. The molecule has 0 fully saturated rings. The van der Waals surface area contributed by atoms with Gasteiger partial charge in [-0.2, -0.15) is 5.10 Å². The summed E-state index contributed by atoms with van der Waals surface area (Å²) < 4.78 is 16.9. The number of hydrogen-bond donors (Lipinski definition) is 2. The van der Waals surface area contributed by atoms with Gasteiger partial charge in [-0.05, 0) is 73.2 Å². The quantitative estimate of drug-likeness (QED) is 0.387. The predicted octanol–water partition coefficient (Wildman–Crippen LogP) is 4.68. The molecule has 2 N–H and O–H groups in total. The fraction of sp³-hybridized carbons (Fsp3) is 0.333. The summed E-state index contributed by atoms with van der Waals surface area (Å²) in [5, 5.41) is 7.88. The number of aromatic amines is 2.